The largest absolute Gasteiger partial charge is 0.465 e. The number of carbonyl (C=O) groups excluding carboxylic acids is 1. The van der Waals surface area contributed by atoms with Gasteiger partial charge in [-0.05, 0) is 43.9 Å². The lowest BCUT2D eigenvalue weighted by atomic mass is 10.1. The van der Waals surface area contributed by atoms with Gasteiger partial charge in [0.15, 0.2) is 19.7 Å². The van der Waals surface area contributed by atoms with Crippen molar-refractivity contribution in [2.75, 3.05) is 27.2 Å². The van der Waals surface area contributed by atoms with Crippen molar-refractivity contribution < 1.29 is 51.0 Å². The van der Waals surface area contributed by atoms with Crippen LogP contribution in [0, 0.1) is 0 Å². The molecule has 0 aliphatic carbocycles. The molecule has 0 radical (unpaired) electrons. The van der Waals surface area contributed by atoms with Crippen molar-refractivity contribution in [1.82, 2.24) is 0 Å². The summed E-state index contributed by atoms with van der Waals surface area (Å²) in [6.45, 7) is 5.55. The van der Waals surface area contributed by atoms with Gasteiger partial charge in [-0.25, -0.2) is 30.2 Å². The maximum atomic E-state index is 14.6. The summed E-state index contributed by atoms with van der Waals surface area (Å²) in [6, 6.07) is 2.01. The number of nitrogens with zero attached hydrogens (tertiary/aromatic N) is 2. The Bertz CT molecular complexity index is 1430. The van der Waals surface area contributed by atoms with Gasteiger partial charge >= 0.3 is 26.8 Å². The average molecular weight is 627 g/mol. The van der Waals surface area contributed by atoms with Crippen LogP contribution in [-0.4, -0.2) is 69.0 Å². The number of carbonyl (C=O) groups is 1. The van der Waals surface area contributed by atoms with E-state index in [9.17, 15) is 46.2 Å². The van der Waals surface area contributed by atoms with Crippen LogP contribution >= 0.6 is 0 Å². The molecule has 1 rings (SSSR count). The predicted octanol–water partition coefficient (Wildman–Crippen LogP) is 2.64. The van der Waals surface area contributed by atoms with Crippen LogP contribution in [0.25, 0.3) is 0 Å². The second-order valence-electron chi connectivity index (χ2n) is 8.13. The summed E-state index contributed by atoms with van der Waals surface area (Å²) in [7, 11) is -19.3. The maximum absolute atomic E-state index is 14.6. The van der Waals surface area contributed by atoms with Crippen molar-refractivity contribution in [3.8, 4) is 0 Å². The van der Waals surface area contributed by atoms with E-state index in [-0.39, 0.29) is 21.5 Å². The molecule has 1 aromatic carbocycles. The molecule has 0 bridgehead atoms. The molecule has 220 valence electrons. The Hall–Kier alpha value is -2.05. The number of rotatable bonds is 15. The van der Waals surface area contributed by atoms with Crippen LogP contribution in [-0.2, 0) is 45.2 Å². The van der Waals surface area contributed by atoms with Crippen LogP contribution in [0.3, 0.4) is 0 Å². The zero-order chi connectivity index (χ0) is 29.7. The van der Waals surface area contributed by atoms with E-state index in [1.165, 1.54) is 27.7 Å². The number of anilines is 2. The summed E-state index contributed by atoms with van der Waals surface area (Å²) >= 11 is 0. The zero-order valence-corrected chi connectivity index (χ0v) is 24.8. The molecule has 2 unspecified atom stereocenters. The van der Waals surface area contributed by atoms with Gasteiger partial charge in [0, 0.05) is 0 Å². The Balaban J connectivity index is 4.10. The fourth-order valence-corrected chi connectivity index (χ4v) is 10.5. The molecule has 0 spiro atoms. The topological polar surface area (TPSA) is 169 Å². The number of halogens is 2. The highest BCUT2D eigenvalue weighted by atomic mass is 32.3. The minimum Gasteiger partial charge on any atom is -0.465 e. The lowest BCUT2D eigenvalue weighted by Crippen LogP contribution is -2.45. The Labute approximate surface area is 223 Å². The number of sulfone groups is 2. The Morgan fingerprint density at radius 2 is 1.21 bits per heavy atom. The molecule has 38 heavy (non-hydrogen) atoms. The molecule has 0 aromatic heterocycles. The lowest BCUT2D eigenvalue weighted by molar-refractivity contribution is 0.0601. The molecule has 0 aliphatic heterocycles. The van der Waals surface area contributed by atoms with Crippen molar-refractivity contribution in [2.45, 2.75) is 64.1 Å². The van der Waals surface area contributed by atoms with Crippen LogP contribution in [0.4, 0.5) is 19.1 Å². The number of methoxy groups -OCH3 is 1. The third-order valence-corrected chi connectivity index (χ3v) is 12.2. The van der Waals surface area contributed by atoms with E-state index in [1.807, 2.05) is 0 Å². The highest BCUT2D eigenvalue weighted by molar-refractivity contribution is 7.95. The van der Waals surface area contributed by atoms with E-state index < -0.39 is 98.5 Å². The van der Waals surface area contributed by atoms with Crippen LogP contribution in [0.2, 0.25) is 0 Å². The Morgan fingerprint density at radius 1 is 0.789 bits per heavy atom. The Kier molecular flexibility index (Phi) is 11.5. The van der Waals surface area contributed by atoms with Crippen molar-refractivity contribution in [3.63, 3.8) is 0 Å². The average Bonchev–Trinajstić information content (AvgIpc) is 2.78. The first-order valence-corrected chi connectivity index (χ1v) is 17.6. The number of hydrogen-bond acceptors (Lipinski definition) is 10. The highest BCUT2D eigenvalue weighted by Crippen LogP contribution is 2.36. The molecule has 0 fully saturated rings. The van der Waals surface area contributed by atoms with Crippen molar-refractivity contribution in [1.29, 1.82) is 0 Å². The molecular weight excluding hydrogens is 594 g/mol. The SMILES string of the molecule is CCCS(=O)(=O)C(CC)N(c1ccc(N(C(CC)S(=O)(=O)CCC)S(=O)(=O)F)c(C(=O)OC)c1)S(=O)(=O)F. The van der Waals surface area contributed by atoms with Crippen molar-refractivity contribution in [3.05, 3.63) is 23.8 Å². The summed E-state index contributed by atoms with van der Waals surface area (Å²) in [6.07, 6.45) is -0.694. The molecule has 0 amide bonds. The maximum Gasteiger partial charge on any atom is 0.400 e. The quantitative estimate of drug-likeness (QED) is 0.208. The fourth-order valence-electron chi connectivity index (χ4n) is 3.94. The summed E-state index contributed by atoms with van der Waals surface area (Å²) in [5.74, 6) is -2.38. The number of esters is 1. The van der Waals surface area contributed by atoms with E-state index in [4.69, 9.17) is 0 Å². The van der Waals surface area contributed by atoms with Gasteiger partial charge < -0.3 is 4.74 Å². The van der Waals surface area contributed by atoms with Crippen LogP contribution < -0.4 is 8.61 Å². The molecule has 0 aliphatic rings. The number of ether oxygens (including phenoxy) is 1. The number of benzene rings is 1. The summed E-state index contributed by atoms with van der Waals surface area (Å²) in [5.41, 5.74) is -2.41. The van der Waals surface area contributed by atoms with E-state index in [0.717, 1.165) is 13.2 Å². The summed E-state index contributed by atoms with van der Waals surface area (Å²) in [5, 5.41) is -3.94. The van der Waals surface area contributed by atoms with Crippen molar-refractivity contribution in [2.24, 2.45) is 0 Å². The first-order chi connectivity index (χ1) is 17.3. The van der Waals surface area contributed by atoms with Crippen molar-refractivity contribution >= 4 is 57.8 Å². The van der Waals surface area contributed by atoms with Gasteiger partial charge in [0.1, 0.15) is 10.7 Å². The zero-order valence-electron chi connectivity index (χ0n) is 21.5. The van der Waals surface area contributed by atoms with E-state index in [0.29, 0.717) is 12.1 Å². The molecule has 18 heteroatoms. The van der Waals surface area contributed by atoms with E-state index in [1.54, 1.807) is 0 Å². The number of hydrogen-bond donors (Lipinski definition) is 0. The predicted molar refractivity (Wildman–Crippen MR) is 139 cm³/mol. The minimum atomic E-state index is -5.86. The molecule has 12 nitrogen and oxygen atoms in total. The van der Waals surface area contributed by atoms with Crippen LogP contribution in [0.5, 0.6) is 0 Å². The summed E-state index contributed by atoms with van der Waals surface area (Å²) in [4.78, 5) is 12.6. The normalized spacial score (nSPS) is 14.5. The summed E-state index contributed by atoms with van der Waals surface area (Å²) < 4.78 is 133. The molecule has 0 heterocycles. The van der Waals surface area contributed by atoms with Gasteiger partial charge in [-0.3, -0.25) is 0 Å². The highest BCUT2D eigenvalue weighted by Gasteiger charge is 2.42. The second-order valence-corrected chi connectivity index (χ2v) is 15.1. The van der Waals surface area contributed by atoms with Gasteiger partial charge in [0.05, 0.1) is 35.6 Å². The van der Waals surface area contributed by atoms with Gasteiger partial charge in [-0.2, -0.15) is 16.8 Å². The van der Waals surface area contributed by atoms with E-state index in [2.05, 4.69) is 4.74 Å². The van der Waals surface area contributed by atoms with Crippen LogP contribution in [0.1, 0.15) is 63.7 Å². The third-order valence-electron chi connectivity index (χ3n) is 5.38. The molecule has 0 saturated carbocycles. The lowest BCUT2D eigenvalue weighted by Gasteiger charge is -2.31. The Morgan fingerprint density at radius 3 is 1.55 bits per heavy atom. The standard InChI is InChI=1S/C20H32F2N2O10S4/c1-6-12-35(26,27)18(8-3)23(37(21,30)31)15-10-11-17(16(14-15)20(25)34-5)24(38(22,32)33)19(9-4)36(28,29)13-7-2/h10-11,14,18-19H,6-9,12-13H2,1-5H3. The second kappa shape index (κ2) is 12.9. The minimum absolute atomic E-state index is 0.0652. The molecule has 0 saturated heterocycles. The molecular formula is C20H32F2N2O10S4. The first-order valence-electron chi connectivity index (χ1n) is 11.5. The third kappa shape index (κ3) is 7.75. The van der Waals surface area contributed by atoms with Gasteiger partial charge in [-0.15, -0.1) is 0 Å². The van der Waals surface area contributed by atoms with Gasteiger partial charge in [0.25, 0.3) is 0 Å². The van der Waals surface area contributed by atoms with Gasteiger partial charge in [0.2, 0.25) is 0 Å². The van der Waals surface area contributed by atoms with E-state index >= 15 is 0 Å². The first kappa shape index (κ1) is 34.0. The van der Waals surface area contributed by atoms with Gasteiger partial charge in [-0.1, -0.05) is 35.5 Å². The molecule has 0 N–H and O–H groups in total. The monoisotopic (exact) mass is 626 g/mol. The van der Waals surface area contributed by atoms with Crippen LogP contribution in [0.15, 0.2) is 18.2 Å². The smallest absolute Gasteiger partial charge is 0.400 e. The fraction of sp³-hybridized carbons (Fsp3) is 0.650. The molecule has 2 atom stereocenters. The molecule has 1 aromatic rings.